The molecule has 2 aromatic carbocycles. The zero-order valence-electron chi connectivity index (χ0n) is 16.0. The highest BCUT2D eigenvalue weighted by Crippen LogP contribution is 2.34. The molecule has 3 rings (SSSR count). The summed E-state index contributed by atoms with van der Waals surface area (Å²) in [4.78, 5) is 25.9. The summed E-state index contributed by atoms with van der Waals surface area (Å²) in [6.07, 6.45) is 2.73. The molecule has 0 aromatic heterocycles. The van der Waals surface area contributed by atoms with Gasteiger partial charge in [0.25, 0.3) is 5.91 Å². The number of carbonyl (C=O) groups excluding carboxylic acids is 2. The molecule has 8 heteroatoms. The van der Waals surface area contributed by atoms with Gasteiger partial charge in [0.1, 0.15) is 19.0 Å². The number of halogens is 1. The summed E-state index contributed by atoms with van der Waals surface area (Å²) in [6.45, 7) is 0.496. The molecule has 0 saturated heterocycles. The van der Waals surface area contributed by atoms with Crippen LogP contribution in [0.25, 0.3) is 6.08 Å². The summed E-state index contributed by atoms with van der Waals surface area (Å²) in [6, 6.07) is 12.6. The van der Waals surface area contributed by atoms with Gasteiger partial charge in [-0.1, -0.05) is 12.1 Å². The lowest BCUT2D eigenvalue weighted by atomic mass is 10.2. The predicted molar refractivity (Wildman–Crippen MR) is 106 cm³/mol. The minimum atomic E-state index is -0.713. The standard InChI is InChI=1S/C22H19FN2O5/c23-17-5-2-16(3-6-17)4-9-22(27)30-15-21(26)25(11-1-10-24)18-7-8-19-20(14-18)29-13-12-28-19/h2-9,14H,1,11-13,15H2/b9-4+. The number of nitrogens with zero attached hydrogens (tertiary/aromatic N) is 2. The largest absolute Gasteiger partial charge is 0.486 e. The van der Waals surface area contributed by atoms with E-state index in [1.54, 1.807) is 18.2 Å². The first-order valence-electron chi connectivity index (χ1n) is 9.24. The Bertz CT molecular complexity index is 982. The third-order valence-corrected chi connectivity index (χ3v) is 4.21. The second-order valence-electron chi connectivity index (χ2n) is 6.27. The molecule has 0 unspecified atom stereocenters. The average Bonchev–Trinajstić information content (AvgIpc) is 2.77. The van der Waals surface area contributed by atoms with Crippen molar-refractivity contribution in [2.75, 3.05) is 31.3 Å². The molecule has 0 atom stereocenters. The van der Waals surface area contributed by atoms with E-state index in [2.05, 4.69) is 0 Å². The molecule has 1 heterocycles. The lowest BCUT2D eigenvalue weighted by Gasteiger charge is -2.24. The van der Waals surface area contributed by atoms with E-state index in [1.807, 2.05) is 6.07 Å². The maximum Gasteiger partial charge on any atom is 0.331 e. The van der Waals surface area contributed by atoms with E-state index in [4.69, 9.17) is 19.5 Å². The van der Waals surface area contributed by atoms with Gasteiger partial charge in [-0.3, -0.25) is 4.79 Å². The molecule has 1 amide bonds. The molecule has 0 spiro atoms. The van der Waals surface area contributed by atoms with E-state index in [-0.39, 0.29) is 18.8 Å². The highest BCUT2D eigenvalue weighted by Gasteiger charge is 2.20. The van der Waals surface area contributed by atoms with Crippen LogP contribution in [0.5, 0.6) is 11.5 Å². The first kappa shape index (κ1) is 20.9. The van der Waals surface area contributed by atoms with Crippen LogP contribution in [-0.4, -0.2) is 38.2 Å². The molecule has 0 radical (unpaired) electrons. The van der Waals surface area contributed by atoms with Crippen molar-refractivity contribution in [3.05, 3.63) is 59.9 Å². The van der Waals surface area contributed by atoms with E-state index in [9.17, 15) is 14.0 Å². The van der Waals surface area contributed by atoms with Crippen molar-refractivity contribution < 1.29 is 28.2 Å². The maximum atomic E-state index is 12.9. The fraction of sp³-hybridized carbons (Fsp3) is 0.227. The summed E-state index contributed by atoms with van der Waals surface area (Å²) in [5, 5.41) is 8.90. The van der Waals surface area contributed by atoms with Crippen LogP contribution in [0.1, 0.15) is 12.0 Å². The Labute approximate surface area is 172 Å². The Kier molecular flexibility index (Phi) is 7.00. The summed E-state index contributed by atoms with van der Waals surface area (Å²) >= 11 is 0. The summed E-state index contributed by atoms with van der Waals surface area (Å²) in [5.41, 5.74) is 1.13. The van der Waals surface area contributed by atoms with Crippen molar-refractivity contribution in [2.45, 2.75) is 6.42 Å². The van der Waals surface area contributed by atoms with Crippen molar-refractivity contribution >= 4 is 23.6 Å². The first-order chi connectivity index (χ1) is 14.6. The lowest BCUT2D eigenvalue weighted by Crippen LogP contribution is -2.35. The highest BCUT2D eigenvalue weighted by molar-refractivity contribution is 5.96. The third kappa shape index (κ3) is 5.58. The molecular formula is C22H19FN2O5. The summed E-state index contributed by atoms with van der Waals surface area (Å²) < 4.78 is 28.9. The van der Waals surface area contributed by atoms with Crippen LogP contribution >= 0.6 is 0 Å². The topological polar surface area (TPSA) is 88.9 Å². The Balaban J connectivity index is 1.63. The lowest BCUT2D eigenvalue weighted by molar-refractivity contribution is -0.142. The number of rotatable bonds is 7. The smallest absolute Gasteiger partial charge is 0.331 e. The molecule has 0 fully saturated rings. The van der Waals surface area contributed by atoms with Gasteiger partial charge in [-0.15, -0.1) is 0 Å². The number of benzene rings is 2. The van der Waals surface area contributed by atoms with E-state index in [0.29, 0.717) is 36.0 Å². The number of amides is 1. The van der Waals surface area contributed by atoms with E-state index >= 15 is 0 Å². The minimum absolute atomic E-state index is 0.110. The van der Waals surface area contributed by atoms with E-state index in [0.717, 1.165) is 6.08 Å². The second kappa shape index (κ2) is 10.1. The van der Waals surface area contributed by atoms with Crippen molar-refractivity contribution in [1.29, 1.82) is 5.26 Å². The van der Waals surface area contributed by atoms with Crippen LogP contribution in [0, 0.1) is 17.1 Å². The third-order valence-electron chi connectivity index (χ3n) is 4.21. The SMILES string of the molecule is N#CCCN(C(=O)COC(=O)/C=C/c1ccc(F)cc1)c1ccc2c(c1)OCCO2. The van der Waals surface area contributed by atoms with Crippen molar-refractivity contribution in [3.63, 3.8) is 0 Å². The normalized spacial score (nSPS) is 12.3. The molecule has 0 N–H and O–H groups in total. The fourth-order valence-electron chi connectivity index (χ4n) is 2.76. The second-order valence-corrected chi connectivity index (χ2v) is 6.27. The van der Waals surface area contributed by atoms with Gasteiger partial charge in [0.2, 0.25) is 0 Å². The highest BCUT2D eigenvalue weighted by atomic mass is 19.1. The minimum Gasteiger partial charge on any atom is -0.486 e. The molecule has 30 heavy (non-hydrogen) atoms. The Morgan fingerprint density at radius 1 is 1.13 bits per heavy atom. The zero-order chi connectivity index (χ0) is 21.3. The molecule has 0 bridgehead atoms. The maximum absolute atomic E-state index is 12.9. The average molecular weight is 410 g/mol. The Morgan fingerprint density at radius 2 is 1.87 bits per heavy atom. The molecule has 1 aliphatic rings. The van der Waals surface area contributed by atoms with Crippen LogP contribution in [0.15, 0.2) is 48.5 Å². The number of nitriles is 1. The number of hydrogen-bond donors (Lipinski definition) is 0. The van der Waals surface area contributed by atoms with E-state index < -0.39 is 18.5 Å². The number of fused-ring (bicyclic) bond motifs is 1. The van der Waals surface area contributed by atoms with Crippen LogP contribution in [0.4, 0.5) is 10.1 Å². The molecular weight excluding hydrogens is 391 g/mol. The van der Waals surface area contributed by atoms with Crippen molar-refractivity contribution in [2.24, 2.45) is 0 Å². The number of anilines is 1. The molecule has 0 saturated carbocycles. The molecule has 7 nitrogen and oxygen atoms in total. The van der Waals surface area contributed by atoms with Gasteiger partial charge in [-0.25, -0.2) is 9.18 Å². The molecule has 0 aliphatic carbocycles. The van der Waals surface area contributed by atoms with Crippen LogP contribution < -0.4 is 14.4 Å². The summed E-state index contributed by atoms with van der Waals surface area (Å²) in [7, 11) is 0. The predicted octanol–water partition coefficient (Wildman–Crippen LogP) is 3.10. The van der Waals surface area contributed by atoms with Gasteiger partial charge in [0.05, 0.1) is 12.5 Å². The number of ether oxygens (including phenoxy) is 3. The van der Waals surface area contributed by atoms with Crippen molar-refractivity contribution in [3.8, 4) is 17.6 Å². The van der Waals surface area contributed by atoms with Gasteiger partial charge in [-0.05, 0) is 35.9 Å². The summed E-state index contributed by atoms with van der Waals surface area (Å²) in [5.74, 6) is -0.486. The van der Waals surface area contributed by atoms with Gasteiger partial charge >= 0.3 is 5.97 Å². The zero-order valence-corrected chi connectivity index (χ0v) is 16.0. The van der Waals surface area contributed by atoms with Gasteiger partial charge < -0.3 is 19.1 Å². The van der Waals surface area contributed by atoms with Gasteiger partial charge in [-0.2, -0.15) is 5.26 Å². The molecule has 154 valence electrons. The van der Waals surface area contributed by atoms with Gasteiger partial charge in [0.15, 0.2) is 18.1 Å². The van der Waals surface area contributed by atoms with Crippen LogP contribution in [0.3, 0.4) is 0 Å². The number of esters is 1. The Morgan fingerprint density at radius 3 is 2.60 bits per heavy atom. The molecule has 2 aromatic rings. The van der Waals surface area contributed by atoms with E-state index in [1.165, 1.54) is 35.2 Å². The monoisotopic (exact) mass is 410 g/mol. The molecule has 1 aliphatic heterocycles. The first-order valence-corrected chi connectivity index (χ1v) is 9.24. The number of hydrogen-bond acceptors (Lipinski definition) is 6. The van der Waals surface area contributed by atoms with Crippen LogP contribution in [0.2, 0.25) is 0 Å². The number of carbonyl (C=O) groups is 2. The van der Waals surface area contributed by atoms with Crippen LogP contribution in [-0.2, 0) is 14.3 Å². The Hall–Kier alpha value is -3.86. The van der Waals surface area contributed by atoms with Crippen molar-refractivity contribution in [1.82, 2.24) is 0 Å². The quantitative estimate of drug-likeness (QED) is 0.515. The fourth-order valence-corrected chi connectivity index (χ4v) is 2.76. The van der Waals surface area contributed by atoms with Gasteiger partial charge in [0, 0.05) is 24.4 Å².